The molecule has 0 aromatic heterocycles. The molecule has 14 atom stereocenters. The molecule has 4 fully saturated rings. The van der Waals surface area contributed by atoms with Crippen LogP contribution in [0.5, 0.6) is 0 Å². The van der Waals surface area contributed by atoms with Crippen molar-refractivity contribution in [3.63, 3.8) is 0 Å². The van der Waals surface area contributed by atoms with Gasteiger partial charge in [-0.05, 0) is 81.7 Å². The predicted molar refractivity (Wildman–Crippen MR) is 214 cm³/mol. The Hall–Kier alpha value is -3.13. The highest BCUT2D eigenvalue weighted by atomic mass is 16.7. The molecule has 0 bridgehead atoms. The Bertz CT molecular complexity index is 1720. The summed E-state index contributed by atoms with van der Waals surface area (Å²) in [4.78, 5) is 42.3. The molecule has 0 amide bonds. The van der Waals surface area contributed by atoms with E-state index in [0.29, 0.717) is 30.9 Å². The summed E-state index contributed by atoms with van der Waals surface area (Å²) in [5, 5.41) is 12.9. The summed E-state index contributed by atoms with van der Waals surface area (Å²) in [5.74, 6) is -2.85. The third-order valence-electron chi connectivity index (χ3n) is 13.8. The van der Waals surface area contributed by atoms with Gasteiger partial charge in [0, 0.05) is 37.7 Å². The molecule has 2 saturated heterocycles. The Balaban J connectivity index is 1.55. The van der Waals surface area contributed by atoms with E-state index in [-0.39, 0.29) is 18.9 Å². The molecule has 2 aliphatic heterocycles. The molecule has 0 radical (unpaired) electrons. The zero-order valence-corrected chi connectivity index (χ0v) is 36.3. The predicted octanol–water partition coefficient (Wildman–Crippen LogP) is 7.11. The van der Waals surface area contributed by atoms with Crippen LogP contribution in [-0.4, -0.2) is 96.6 Å². The van der Waals surface area contributed by atoms with E-state index in [2.05, 4.69) is 27.4 Å². The normalized spacial score (nSPS) is 36.9. The van der Waals surface area contributed by atoms with Crippen molar-refractivity contribution in [2.24, 2.45) is 34.5 Å². The van der Waals surface area contributed by atoms with Crippen molar-refractivity contribution in [1.82, 2.24) is 0 Å². The SMILES string of the molecule is C=C[C@H]1O[C@H]2C[C@H]3OC[C@@]3(OC(C)=O)[C@H]3[C@H](OC(=O)c4ccccc4)[C@]4(C(C)(C)O)C[C@H](OC(=O)[C@H](OC(C)OCCC)[C@@H](C)CC(C)C)C(C)=C4[C@H](C)[C@H](O1)[C@]23C. The number of esters is 3. The highest BCUT2D eigenvalue weighted by Gasteiger charge is 2.80. The van der Waals surface area contributed by atoms with E-state index in [9.17, 15) is 19.5 Å². The van der Waals surface area contributed by atoms with E-state index >= 15 is 0 Å². The van der Waals surface area contributed by atoms with Crippen LogP contribution in [0.15, 0.2) is 54.1 Å². The van der Waals surface area contributed by atoms with Gasteiger partial charge in [0.2, 0.25) is 0 Å². The van der Waals surface area contributed by atoms with Gasteiger partial charge in [-0.2, -0.15) is 0 Å². The summed E-state index contributed by atoms with van der Waals surface area (Å²) in [6.45, 7) is 25.3. The van der Waals surface area contributed by atoms with Gasteiger partial charge in [0.1, 0.15) is 18.3 Å². The van der Waals surface area contributed by atoms with Gasteiger partial charge in [-0.15, -0.1) is 0 Å². The summed E-state index contributed by atoms with van der Waals surface area (Å²) in [6, 6.07) is 8.68. The van der Waals surface area contributed by atoms with Crippen molar-refractivity contribution in [2.45, 2.75) is 162 Å². The highest BCUT2D eigenvalue weighted by molar-refractivity contribution is 5.89. The fourth-order valence-electron chi connectivity index (χ4n) is 11.5. The molecule has 5 aliphatic rings. The summed E-state index contributed by atoms with van der Waals surface area (Å²) in [6.07, 6.45) is -2.53. The van der Waals surface area contributed by atoms with Crippen molar-refractivity contribution >= 4 is 17.9 Å². The molecular weight excluding hydrogens is 744 g/mol. The molecule has 1 N–H and O–H groups in total. The van der Waals surface area contributed by atoms with Crippen LogP contribution in [-0.2, 0) is 47.5 Å². The number of fused-ring (bicyclic) bond motifs is 3. The molecule has 1 aromatic rings. The number of carbonyl (C=O) groups is 3. The van der Waals surface area contributed by atoms with Gasteiger partial charge < -0.3 is 43.0 Å². The number of hydrogen-bond donors (Lipinski definition) is 1. The molecule has 3 aliphatic carbocycles. The second-order valence-corrected chi connectivity index (χ2v) is 18.6. The number of rotatable bonds is 15. The Morgan fingerprint density at radius 3 is 2.33 bits per heavy atom. The maximum Gasteiger partial charge on any atom is 0.338 e. The van der Waals surface area contributed by atoms with Gasteiger partial charge in [0.25, 0.3) is 0 Å². The Labute approximate surface area is 344 Å². The van der Waals surface area contributed by atoms with Gasteiger partial charge in [0.05, 0.1) is 41.3 Å². The first-order valence-electron chi connectivity index (χ1n) is 21.2. The van der Waals surface area contributed by atoms with E-state index in [1.165, 1.54) is 6.92 Å². The van der Waals surface area contributed by atoms with E-state index in [1.54, 1.807) is 51.1 Å². The number of aliphatic hydroxyl groups is 1. The second kappa shape index (κ2) is 16.7. The van der Waals surface area contributed by atoms with Crippen LogP contribution in [0.1, 0.15) is 112 Å². The number of hydrogen-bond acceptors (Lipinski definition) is 12. The van der Waals surface area contributed by atoms with E-state index < -0.39 is 101 Å². The third-order valence-corrected chi connectivity index (χ3v) is 13.8. The Kier molecular flexibility index (Phi) is 12.8. The molecule has 1 aromatic carbocycles. The lowest BCUT2D eigenvalue weighted by molar-refractivity contribution is -0.391. The fourth-order valence-corrected chi connectivity index (χ4v) is 11.5. The molecular formula is C46H66O12. The van der Waals surface area contributed by atoms with E-state index in [1.807, 2.05) is 33.8 Å². The van der Waals surface area contributed by atoms with Crippen molar-refractivity contribution in [2.75, 3.05) is 13.2 Å². The first-order chi connectivity index (χ1) is 27.3. The van der Waals surface area contributed by atoms with Crippen molar-refractivity contribution < 1.29 is 57.4 Å². The highest BCUT2D eigenvalue weighted by Crippen LogP contribution is 2.70. The summed E-state index contributed by atoms with van der Waals surface area (Å²) >= 11 is 0. The standard InChI is InChI=1S/C46H66O12/c1-13-20-51-30(9)53-37(26(5)21-25(3)4)42(49)54-32-23-45(43(10,11)50)36(27(32)6)28(7)39-44(12)33(55-35(14-2)56-39)22-34-46(24-52-34,58-29(8)47)38(44)40(45)57-41(48)31-18-16-15-17-19-31/h14-19,25-26,28,30,32-35,37-40,50H,2,13,20-24H2,1,3-12H3/t26-,28-,30?,32-,33-,34+,35-,37+,38-,39-,40-,44+,45-,46-/m0/s1. The molecule has 6 rings (SSSR count). The lowest BCUT2D eigenvalue weighted by atomic mass is 9.49. The zero-order chi connectivity index (χ0) is 42.5. The van der Waals surface area contributed by atoms with Crippen LogP contribution in [0.2, 0.25) is 0 Å². The smallest absolute Gasteiger partial charge is 0.338 e. The van der Waals surface area contributed by atoms with Gasteiger partial charge >= 0.3 is 17.9 Å². The quantitative estimate of drug-likeness (QED) is 0.0834. The first kappa shape index (κ1) is 44.4. The monoisotopic (exact) mass is 810 g/mol. The Morgan fingerprint density at radius 1 is 1.07 bits per heavy atom. The minimum absolute atomic E-state index is 0.0407. The lowest BCUT2D eigenvalue weighted by Gasteiger charge is -2.67. The van der Waals surface area contributed by atoms with Crippen LogP contribution in [0.3, 0.4) is 0 Å². The minimum Gasteiger partial charge on any atom is -0.457 e. The van der Waals surface area contributed by atoms with Gasteiger partial charge in [0.15, 0.2) is 24.3 Å². The average molecular weight is 811 g/mol. The number of carbonyl (C=O) groups excluding carboxylic acids is 3. The Morgan fingerprint density at radius 2 is 1.76 bits per heavy atom. The van der Waals surface area contributed by atoms with Gasteiger partial charge in [-0.25, -0.2) is 9.59 Å². The zero-order valence-electron chi connectivity index (χ0n) is 36.3. The van der Waals surface area contributed by atoms with Crippen LogP contribution >= 0.6 is 0 Å². The lowest BCUT2D eigenvalue weighted by Crippen LogP contribution is -2.80. The van der Waals surface area contributed by atoms with Gasteiger partial charge in [-0.3, -0.25) is 4.79 Å². The molecule has 322 valence electrons. The molecule has 0 spiro atoms. The van der Waals surface area contributed by atoms with Crippen LogP contribution in [0.4, 0.5) is 0 Å². The largest absolute Gasteiger partial charge is 0.457 e. The van der Waals surface area contributed by atoms with Crippen molar-refractivity contribution in [3.05, 3.63) is 59.7 Å². The topological polar surface area (TPSA) is 145 Å². The molecule has 2 heterocycles. The molecule has 2 saturated carbocycles. The van der Waals surface area contributed by atoms with Gasteiger partial charge in [-0.1, -0.05) is 66.3 Å². The maximum atomic E-state index is 14.5. The fraction of sp³-hybridized carbons (Fsp3) is 0.717. The minimum atomic E-state index is -1.61. The van der Waals surface area contributed by atoms with E-state index in [0.717, 1.165) is 17.6 Å². The number of ether oxygens (including phenoxy) is 8. The summed E-state index contributed by atoms with van der Waals surface area (Å²) in [5.41, 5.74) is -3.46. The van der Waals surface area contributed by atoms with Crippen LogP contribution in [0, 0.1) is 34.5 Å². The first-order valence-corrected chi connectivity index (χ1v) is 21.2. The van der Waals surface area contributed by atoms with Crippen LogP contribution < -0.4 is 0 Å². The summed E-state index contributed by atoms with van der Waals surface area (Å²) < 4.78 is 51.7. The second-order valence-electron chi connectivity index (χ2n) is 18.6. The van der Waals surface area contributed by atoms with Crippen molar-refractivity contribution in [3.8, 4) is 0 Å². The van der Waals surface area contributed by atoms with E-state index in [4.69, 9.17) is 37.9 Å². The molecule has 12 heteroatoms. The molecule has 12 nitrogen and oxygen atoms in total. The molecule has 58 heavy (non-hydrogen) atoms. The average Bonchev–Trinajstić information content (AvgIpc) is 3.42. The van der Waals surface area contributed by atoms with Crippen molar-refractivity contribution in [1.29, 1.82) is 0 Å². The molecule has 1 unspecified atom stereocenters. The third kappa shape index (κ3) is 7.48. The van der Waals surface area contributed by atoms with Crippen LogP contribution in [0.25, 0.3) is 0 Å². The number of benzene rings is 1. The summed E-state index contributed by atoms with van der Waals surface area (Å²) in [7, 11) is 0. The maximum absolute atomic E-state index is 14.5.